The molecule has 0 aromatic carbocycles. The number of nitrogens with one attached hydrogen (secondary N) is 1. The van der Waals surface area contributed by atoms with Crippen LogP contribution < -0.4 is 0 Å². The Labute approximate surface area is 169 Å². The molecule has 1 aliphatic heterocycles. The van der Waals surface area contributed by atoms with Gasteiger partial charge in [-0.2, -0.15) is 0 Å². The molecule has 3 aromatic rings. The van der Waals surface area contributed by atoms with E-state index in [0.717, 1.165) is 42.8 Å². The number of amides is 1. The Morgan fingerprint density at radius 1 is 1.26 bits per heavy atom. The molecule has 142 valence electrons. The number of H-pyrrole nitrogens is 1. The molecule has 1 fully saturated rings. The number of thioether (sulfide) groups is 1. The van der Waals surface area contributed by atoms with Crippen LogP contribution in [-0.2, 0) is 11.3 Å². The lowest BCUT2D eigenvalue weighted by Gasteiger charge is -2.34. The van der Waals surface area contributed by atoms with Gasteiger partial charge in [0.15, 0.2) is 0 Å². The minimum absolute atomic E-state index is 0.0958. The van der Waals surface area contributed by atoms with E-state index < -0.39 is 0 Å². The normalized spacial score (nSPS) is 15.4. The molecule has 27 heavy (non-hydrogen) atoms. The summed E-state index contributed by atoms with van der Waals surface area (Å²) in [5.74, 6) is 0.822. The predicted molar refractivity (Wildman–Crippen MR) is 106 cm³/mol. The number of piperazine rings is 1. The zero-order chi connectivity index (χ0) is 18.6. The van der Waals surface area contributed by atoms with Gasteiger partial charge in [-0.1, -0.05) is 23.4 Å². The molecule has 4 rings (SSSR count). The summed E-state index contributed by atoms with van der Waals surface area (Å²) in [4.78, 5) is 21.0. The van der Waals surface area contributed by atoms with Crippen LogP contribution in [0.4, 0.5) is 0 Å². The van der Waals surface area contributed by atoms with Crippen molar-refractivity contribution < 1.29 is 9.21 Å². The standard InChI is InChI=1S/C17H18ClN5O2S2/c18-14-4-3-12(27-14)10-22-6-8-23(9-7-22)15(24)11-26-17-21-20-16(25-17)13-2-1-5-19-13/h1-5,19H,6-11H2. The van der Waals surface area contributed by atoms with E-state index in [1.807, 2.05) is 23.1 Å². The fraction of sp³-hybridized carbons (Fsp3) is 0.353. The van der Waals surface area contributed by atoms with Gasteiger partial charge in [-0.15, -0.1) is 21.5 Å². The van der Waals surface area contributed by atoms with Gasteiger partial charge in [-0.3, -0.25) is 9.69 Å². The molecule has 0 bridgehead atoms. The van der Waals surface area contributed by atoms with Crippen molar-refractivity contribution in [2.75, 3.05) is 31.9 Å². The molecule has 1 saturated heterocycles. The van der Waals surface area contributed by atoms with Crippen LogP contribution in [0.3, 0.4) is 0 Å². The Balaban J connectivity index is 1.23. The summed E-state index contributed by atoms with van der Waals surface area (Å²) in [7, 11) is 0. The molecule has 0 spiro atoms. The van der Waals surface area contributed by atoms with Crippen molar-refractivity contribution in [1.29, 1.82) is 0 Å². The van der Waals surface area contributed by atoms with E-state index in [2.05, 4.69) is 26.1 Å². The summed E-state index contributed by atoms with van der Waals surface area (Å²) in [5, 5.41) is 8.38. The molecule has 1 N–H and O–H groups in total. The van der Waals surface area contributed by atoms with Crippen molar-refractivity contribution in [2.24, 2.45) is 0 Å². The zero-order valence-corrected chi connectivity index (χ0v) is 16.8. The van der Waals surface area contributed by atoms with Crippen LogP contribution in [-0.4, -0.2) is 62.8 Å². The highest BCUT2D eigenvalue weighted by Gasteiger charge is 2.22. The molecule has 0 aliphatic carbocycles. The fourth-order valence-electron chi connectivity index (χ4n) is 2.87. The molecular formula is C17H18ClN5O2S2. The molecule has 1 aliphatic rings. The van der Waals surface area contributed by atoms with E-state index >= 15 is 0 Å². The first-order valence-corrected chi connectivity index (χ1v) is 10.7. The molecule has 3 aromatic heterocycles. The average Bonchev–Trinajstić information content (AvgIpc) is 3.42. The van der Waals surface area contributed by atoms with E-state index in [1.165, 1.54) is 16.6 Å². The van der Waals surface area contributed by atoms with Gasteiger partial charge in [0.2, 0.25) is 5.91 Å². The maximum atomic E-state index is 12.5. The quantitative estimate of drug-likeness (QED) is 0.613. The molecule has 0 atom stereocenters. The van der Waals surface area contributed by atoms with Gasteiger partial charge in [0.05, 0.1) is 10.1 Å². The topological polar surface area (TPSA) is 78.3 Å². The number of hydrogen-bond acceptors (Lipinski definition) is 7. The van der Waals surface area contributed by atoms with Crippen LogP contribution in [0.25, 0.3) is 11.6 Å². The minimum atomic E-state index is 0.0958. The number of thiophene rings is 1. The summed E-state index contributed by atoms with van der Waals surface area (Å²) in [6, 6.07) is 7.71. The monoisotopic (exact) mass is 423 g/mol. The van der Waals surface area contributed by atoms with Crippen LogP contribution >= 0.6 is 34.7 Å². The minimum Gasteiger partial charge on any atom is -0.410 e. The summed E-state index contributed by atoms with van der Waals surface area (Å²) < 4.78 is 6.39. The van der Waals surface area contributed by atoms with Gasteiger partial charge in [-0.25, -0.2) is 0 Å². The lowest BCUT2D eigenvalue weighted by molar-refractivity contribution is -0.130. The first kappa shape index (κ1) is 18.5. The van der Waals surface area contributed by atoms with Crippen molar-refractivity contribution in [1.82, 2.24) is 25.0 Å². The molecule has 0 radical (unpaired) electrons. The maximum Gasteiger partial charge on any atom is 0.277 e. The molecular weight excluding hydrogens is 406 g/mol. The number of carbonyl (C=O) groups excluding carboxylic acids is 1. The Bertz CT molecular complexity index is 887. The Hall–Kier alpha value is -1.81. The number of rotatable bonds is 6. The summed E-state index contributed by atoms with van der Waals surface area (Å²) >= 11 is 8.87. The molecule has 0 unspecified atom stereocenters. The van der Waals surface area contributed by atoms with Gasteiger partial charge in [0, 0.05) is 43.8 Å². The molecule has 1 amide bonds. The van der Waals surface area contributed by atoms with Crippen LogP contribution in [0, 0.1) is 0 Å². The van der Waals surface area contributed by atoms with E-state index in [0.29, 0.717) is 16.9 Å². The largest absolute Gasteiger partial charge is 0.410 e. The number of hydrogen-bond donors (Lipinski definition) is 1. The lowest BCUT2D eigenvalue weighted by Crippen LogP contribution is -2.48. The van der Waals surface area contributed by atoms with E-state index in [-0.39, 0.29) is 5.91 Å². The third-order valence-electron chi connectivity index (χ3n) is 4.29. The van der Waals surface area contributed by atoms with Crippen LogP contribution in [0.5, 0.6) is 0 Å². The number of aromatic nitrogens is 3. The third kappa shape index (κ3) is 4.73. The summed E-state index contributed by atoms with van der Waals surface area (Å²) in [6.07, 6.45) is 1.79. The molecule has 10 heteroatoms. The van der Waals surface area contributed by atoms with Crippen molar-refractivity contribution in [3.8, 4) is 11.6 Å². The Morgan fingerprint density at radius 2 is 2.11 bits per heavy atom. The Kier molecular flexibility index (Phi) is 5.82. The van der Waals surface area contributed by atoms with Gasteiger partial charge in [-0.05, 0) is 24.3 Å². The smallest absolute Gasteiger partial charge is 0.277 e. The summed E-state index contributed by atoms with van der Waals surface area (Å²) in [6.45, 7) is 4.08. The average molecular weight is 424 g/mol. The Morgan fingerprint density at radius 3 is 2.81 bits per heavy atom. The predicted octanol–water partition coefficient (Wildman–Crippen LogP) is 3.22. The SMILES string of the molecule is O=C(CSc1nnc(-c2ccc[nH]2)o1)N1CCN(Cc2ccc(Cl)s2)CC1. The zero-order valence-electron chi connectivity index (χ0n) is 14.4. The van der Waals surface area contributed by atoms with E-state index in [1.54, 1.807) is 17.5 Å². The third-order valence-corrected chi connectivity index (χ3v) is 6.31. The molecule has 0 saturated carbocycles. The van der Waals surface area contributed by atoms with Crippen molar-refractivity contribution in [2.45, 2.75) is 11.8 Å². The van der Waals surface area contributed by atoms with Crippen molar-refractivity contribution in [3.05, 3.63) is 39.7 Å². The highest BCUT2D eigenvalue weighted by molar-refractivity contribution is 7.99. The van der Waals surface area contributed by atoms with Gasteiger partial charge in [0.1, 0.15) is 5.69 Å². The number of aromatic amines is 1. The number of halogens is 1. The van der Waals surface area contributed by atoms with E-state index in [9.17, 15) is 4.79 Å². The highest BCUT2D eigenvalue weighted by Crippen LogP contribution is 2.24. The first-order chi connectivity index (χ1) is 13.2. The second-order valence-corrected chi connectivity index (χ2v) is 8.83. The van der Waals surface area contributed by atoms with Crippen molar-refractivity contribution in [3.63, 3.8) is 0 Å². The highest BCUT2D eigenvalue weighted by atomic mass is 35.5. The van der Waals surface area contributed by atoms with Crippen LogP contribution in [0.1, 0.15) is 4.88 Å². The van der Waals surface area contributed by atoms with E-state index in [4.69, 9.17) is 16.0 Å². The van der Waals surface area contributed by atoms with Gasteiger partial charge in [0.25, 0.3) is 11.1 Å². The van der Waals surface area contributed by atoms with Crippen LogP contribution in [0.2, 0.25) is 4.34 Å². The summed E-state index contributed by atoms with van der Waals surface area (Å²) in [5.41, 5.74) is 0.767. The van der Waals surface area contributed by atoms with Crippen LogP contribution in [0.15, 0.2) is 40.1 Å². The fourth-order valence-corrected chi connectivity index (χ4v) is 4.66. The van der Waals surface area contributed by atoms with Crippen molar-refractivity contribution >= 4 is 40.6 Å². The van der Waals surface area contributed by atoms with Gasteiger partial charge >= 0.3 is 0 Å². The molecule has 7 nitrogen and oxygen atoms in total. The first-order valence-electron chi connectivity index (χ1n) is 8.52. The lowest BCUT2D eigenvalue weighted by atomic mass is 10.3. The van der Waals surface area contributed by atoms with Gasteiger partial charge < -0.3 is 14.3 Å². The number of carbonyl (C=O) groups is 1. The maximum absolute atomic E-state index is 12.5. The second-order valence-electron chi connectivity index (χ2n) is 6.11. The molecule has 4 heterocycles. The second kappa shape index (κ2) is 8.47. The number of nitrogens with zero attached hydrogens (tertiary/aromatic N) is 4.